The third kappa shape index (κ3) is 4.45. The fraction of sp³-hybridized carbons (Fsp3) is 0.625. The summed E-state index contributed by atoms with van der Waals surface area (Å²) in [4.78, 5) is 1.51. The van der Waals surface area contributed by atoms with Gasteiger partial charge in [-0.3, -0.25) is 4.90 Å². The van der Waals surface area contributed by atoms with Crippen LogP contribution in [0.25, 0.3) is 0 Å². The Morgan fingerprint density at radius 3 is 2.76 bits per heavy atom. The lowest BCUT2D eigenvalue weighted by atomic mass is 9.92. The van der Waals surface area contributed by atoms with E-state index in [9.17, 15) is 13.2 Å². The Balaban J connectivity index is 2.06. The van der Waals surface area contributed by atoms with E-state index in [-0.39, 0.29) is 6.04 Å². The van der Waals surface area contributed by atoms with Gasteiger partial charge in [0.1, 0.15) is 0 Å². The minimum absolute atomic E-state index is 0.173. The minimum atomic E-state index is -4.13. The summed E-state index contributed by atoms with van der Waals surface area (Å²) in [6.07, 6.45) is -2.35. The van der Waals surface area contributed by atoms with E-state index >= 15 is 0 Å². The minimum Gasteiger partial charge on any atom is -0.313 e. The first-order valence-corrected chi connectivity index (χ1v) is 7.54. The molecule has 21 heavy (non-hydrogen) atoms. The average molecular weight is 300 g/mol. The van der Waals surface area contributed by atoms with Crippen LogP contribution in [0.2, 0.25) is 0 Å². The van der Waals surface area contributed by atoms with Gasteiger partial charge in [-0.15, -0.1) is 0 Å². The lowest BCUT2D eigenvalue weighted by molar-refractivity contribution is -0.151. The van der Waals surface area contributed by atoms with Crippen LogP contribution in [0.3, 0.4) is 0 Å². The molecule has 2 nitrogen and oxygen atoms in total. The van der Waals surface area contributed by atoms with Crippen molar-refractivity contribution in [3.63, 3.8) is 0 Å². The van der Waals surface area contributed by atoms with E-state index in [1.54, 1.807) is 0 Å². The summed E-state index contributed by atoms with van der Waals surface area (Å²) < 4.78 is 37.7. The lowest BCUT2D eigenvalue weighted by Crippen LogP contribution is -2.40. The SMILES string of the molecule is CCCNCc1ccc2c(c1)CCN(CC(F)(F)F)C2C. The van der Waals surface area contributed by atoms with Crippen LogP contribution in [0, 0.1) is 0 Å². The van der Waals surface area contributed by atoms with Gasteiger partial charge in [0.25, 0.3) is 0 Å². The normalized spacial score (nSPS) is 19.6. The molecule has 0 fully saturated rings. The molecule has 0 aromatic heterocycles. The first kappa shape index (κ1) is 16.3. The van der Waals surface area contributed by atoms with Crippen molar-refractivity contribution in [1.82, 2.24) is 10.2 Å². The van der Waals surface area contributed by atoms with Gasteiger partial charge in [-0.25, -0.2) is 0 Å². The number of nitrogens with zero attached hydrogens (tertiary/aromatic N) is 1. The molecule has 1 heterocycles. The third-order valence-corrected chi connectivity index (χ3v) is 4.01. The predicted octanol–water partition coefficient (Wildman–Crippen LogP) is 3.67. The maximum Gasteiger partial charge on any atom is 0.401 e. The molecule has 1 aromatic rings. The van der Waals surface area contributed by atoms with E-state index in [2.05, 4.69) is 18.3 Å². The molecule has 118 valence electrons. The highest BCUT2D eigenvalue weighted by atomic mass is 19.4. The molecule has 0 saturated carbocycles. The number of nitrogens with one attached hydrogen (secondary N) is 1. The van der Waals surface area contributed by atoms with Gasteiger partial charge >= 0.3 is 6.18 Å². The van der Waals surface area contributed by atoms with E-state index < -0.39 is 12.7 Å². The van der Waals surface area contributed by atoms with E-state index in [0.29, 0.717) is 13.0 Å². The summed E-state index contributed by atoms with van der Waals surface area (Å²) in [6.45, 7) is 5.43. The summed E-state index contributed by atoms with van der Waals surface area (Å²) in [5.41, 5.74) is 3.43. The zero-order valence-corrected chi connectivity index (χ0v) is 12.6. The highest BCUT2D eigenvalue weighted by Crippen LogP contribution is 2.32. The number of rotatable bonds is 5. The molecule has 1 N–H and O–H groups in total. The molecule has 0 amide bonds. The van der Waals surface area contributed by atoms with Crippen LogP contribution in [0.15, 0.2) is 18.2 Å². The average Bonchev–Trinajstić information content (AvgIpc) is 2.41. The number of benzene rings is 1. The van der Waals surface area contributed by atoms with Crippen LogP contribution in [0.5, 0.6) is 0 Å². The molecule has 1 aromatic carbocycles. The Bertz CT molecular complexity index is 471. The summed E-state index contributed by atoms with van der Waals surface area (Å²) in [7, 11) is 0. The van der Waals surface area contributed by atoms with Gasteiger partial charge in [0, 0.05) is 19.1 Å². The van der Waals surface area contributed by atoms with Crippen LogP contribution >= 0.6 is 0 Å². The highest BCUT2D eigenvalue weighted by molar-refractivity contribution is 5.36. The largest absolute Gasteiger partial charge is 0.401 e. The lowest BCUT2D eigenvalue weighted by Gasteiger charge is -2.35. The summed E-state index contributed by atoms with van der Waals surface area (Å²) in [5.74, 6) is 0. The Morgan fingerprint density at radius 2 is 2.10 bits per heavy atom. The van der Waals surface area contributed by atoms with E-state index in [1.165, 1.54) is 16.0 Å². The Hall–Kier alpha value is -1.07. The van der Waals surface area contributed by atoms with Gasteiger partial charge in [0.15, 0.2) is 0 Å². The van der Waals surface area contributed by atoms with Crippen LogP contribution in [-0.4, -0.2) is 30.7 Å². The Morgan fingerprint density at radius 1 is 1.33 bits per heavy atom. The fourth-order valence-corrected chi connectivity index (χ4v) is 2.90. The Kier molecular flexibility index (Phi) is 5.27. The summed E-state index contributed by atoms with van der Waals surface area (Å²) in [5, 5.41) is 3.35. The topological polar surface area (TPSA) is 15.3 Å². The number of halogens is 3. The number of fused-ring (bicyclic) bond motifs is 1. The van der Waals surface area contributed by atoms with Crippen molar-refractivity contribution in [2.24, 2.45) is 0 Å². The van der Waals surface area contributed by atoms with E-state index in [1.807, 2.05) is 19.1 Å². The monoisotopic (exact) mass is 300 g/mol. The number of alkyl halides is 3. The van der Waals surface area contributed by atoms with Crippen LogP contribution in [0.1, 0.15) is 43.0 Å². The van der Waals surface area contributed by atoms with Crippen LogP contribution in [-0.2, 0) is 13.0 Å². The molecule has 0 aliphatic carbocycles. The van der Waals surface area contributed by atoms with Gasteiger partial charge in [0.05, 0.1) is 6.54 Å². The molecule has 1 aliphatic heterocycles. The molecular weight excluding hydrogens is 277 g/mol. The van der Waals surface area contributed by atoms with Crippen molar-refractivity contribution in [2.75, 3.05) is 19.6 Å². The molecule has 0 radical (unpaired) electrons. The maximum absolute atomic E-state index is 12.6. The zero-order valence-electron chi connectivity index (χ0n) is 12.6. The van der Waals surface area contributed by atoms with Crippen molar-refractivity contribution in [3.05, 3.63) is 34.9 Å². The number of hydrogen-bond donors (Lipinski definition) is 1. The quantitative estimate of drug-likeness (QED) is 0.835. The van der Waals surface area contributed by atoms with Crippen molar-refractivity contribution < 1.29 is 13.2 Å². The standard InChI is InChI=1S/C16H23F3N2/c1-3-7-20-10-13-4-5-15-12(2)21(11-16(17,18)19)8-6-14(15)9-13/h4-5,9,12,20H,3,6-8,10-11H2,1-2H3. The van der Waals surface area contributed by atoms with Crippen molar-refractivity contribution in [2.45, 2.75) is 45.5 Å². The van der Waals surface area contributed by atoms with Gasteiger partial charge in [-0.1, -0.05) is 25.1 Å². The van der Waals surface area contributed by atoms with Crippen LogP contribution < -0.4 is 5.32 Å². The highest BCUT2D eigenvalue weighted by Gasteiger charge is 2.35. The van der Waals surface area contributed by atoms with Gasteiger partial charge in [-0.2, -0.15) is 13.2 Å². The van der Waals surface area contributed by atoms with Crippen molar-refractivity contribution in [1.29, 1.82) is 0 Å². The first-order valence-electron chi connectivity index (χ1n) is 7.54. The molecule has 2 rings (SSSR count). The van der Waals surface area contributed by atoms with E-state index in [4.69, 9.17) is 0 Å². The second-order valence-corrected chi connectivity index (χ2v) is 5.72. The molecular formula is C16H23F3N2. The predicted molar refractivity (Wildman–Crippen MR) is 78.2 cm³/mol. The first-order chi connectivity index (χ1) is 9.90. The fourth-order valence-electron chi connectivity index (χ4n) is 2.90. The molecule has 5 heteroatoms. The maximum atomic E-state index is 12.6. The summed E-state index contributed by atoms with van der Waals surface area (Å²) >= 11 is 0. The molecule has 0 bridgehead atoms. The molecule has 0 saturated heterocycles. The Labute approximate surface area is 124 Å². The third-order valence-electron chi connectivity index (χ3n) is 4.01. The summed E-state index contributed by atoms with van der Waals surface area (Å²) in [6, 6.07) is 5.98. The molecule has 0 spiro atoms. The number of hydrogen-bond acceptors (Lipinski definition) is 2. The molecule has 1 aliphatic rings. The van der Waals surface area contributed by atoms with Gasteiger partial charge in [-0.05, 0) is 43.0 Å². The van der Waals surface area contributed by atoms with Crippen LogP contribution in [0.4, 0.5) is 13.2 Å². The molecule has 1 unspecified atom stereocenters. The van der Waals surface area contributed by atoms with Gasteiger partial charge < -0.3 is 5.32 Å². The molecule has 1 atom stereocenters. The zero-order chi connectivity index (χ0) is 15.5. The second-order valence-electron chi connectivity index (χ2n) is 5.72. The smallest absolute Gasteiger partial charge is 0.313 e. The van der Waals surface area contributed by atoms with Gasteiger partial charge in [0.2, 0.25) is 0 Å². The van der Waals surface area contributed by atoms with Crippen molar-refractivity contribution >= 4 is 0 Å². The second kappa shape index (κ2) is 6.79. The van der Waals surface area contributed by atoms with Crippen molar-refractivity contribution in [3.8, 4) is 0 Å². The van der Waals surface area contributed by atoms with E-state index in [0.717, 1.165) is 25.1 Å².